The summed E-state index contributed by atoms with van der Waals surface area (Å²) in [6.07, 6.45) is 6.14. The van der Waals surface area contributed by atoms with Gasteiger partial charge >= 0.3 is 35.8 Å². The van der Waals surface area contributed by atoms with Crippen LogP contribution in [0.15, 0.2) is 0 Å². The molecule has 0 fully saturated rings. The van der Waals surface area contributed by atoms with E-state index >= 15 is 0 Å². The Labute approximate surface area is 318 Å². The Balaban J connectivity index is -0.0000000752. The van der Waals surface area contributed by atoms with E-state index in [1.54, 1.807) is 0 Å². The Bertz CT molecular complexity index is 664. The molecule has 0 spiro atoms. The van der Waals surface area contributed by atoms with Crippen molar-refractivity contribution in [3.8, 4) is 0 Å². The topological polar surface area (TPSA) is 386 Å². The number of carboxylic acids is 6. The molecule has 0 aliphatic rings. The van der Waals surface area contributed by atoms with Crippen LogP contribution in [0, 0.1) is 10.8 Å². The van der Waals surface area contributed by atoms with E-state index < -0.39 is 99.5 Å². The van der Waals surface area contributed by atoms with Crippen molar-refractivity contribution in [2.45, 2.75) is 119 Å². The Kier molecular flexibility index (Phi) is 68.3. The van der Waals surface area contributed by atoms with Crippen LogP contribution in [-0.4, -0.2) is 160 Å². The Morgan fingerprint density at radius 3 is 0.370 bits per heavy atom. The van der Waals surface area contributed by atoms with Crippen LogP contribution in [0.4, 0.5) is 0 Å². The van der Waals surface area contributed by atoms with Gasteiger partial charge in [0.15, 0.2) is 0 Å². The van der Waals surface area contributed by atoms with Crippen LogP contribution < -0.4 is 0 Å². The summed E-state index contributed by atoms with van der Waals surface area (Å²) >= 11 is 0. The first-order valence-corrected chi connectivity index (χ1v) is 17.3. The van der Waals surface area contributed by atoms with Crippen molar-refractivity contribution >= 4 is 35.8 Å². The van der Waals surface area contributed by atoms with Gasteiger partial charge in [-0.05, 0) is 38.5 Å². The predicted molar refractivity (Wildman–Crippen MR) is 197 cm³/mol. The van der Waals surface area contributed by atoms with Crippen LogP contribution in [-0.2, 0) is 28.8 Å². The highest BCUT2D eigenvalue weighted by molar-refractivity contribution is 5.67. The summed E-state index contributed by atoms with van der Waals surface area (Å²) in [7, 11) is 0. The van der Waals surface area contributed by atoms with Crippen LogP contribution in [0.5, 0.6) is 0 Å². The summed E-state index contributed by atoms with van der Waals surface area (Å²) in [6, 6.07) is 0. The fourth-order valence-corrected chi connectivity index (χ4v) is 1.88. The third-order valence-electron chi connectivity index (χ3n) is 5.47. The molecule has 0 aromatic heterocycles. The first-order valence-electron chi connectivity index (χ1n) is 17.3. The van der Waals surface area contributed by atoms with E-state index in [9.17, 15) is 28.8 Å². The van der Waals surface area contributed by atoms with E-state index in [0.717, 1.165) is 38.5 Å². The van der Waals surface area contributed by atoms with E-state index in [4.69, 9.17) is 71.5 Å². The van der Waals surface area contributed by atoms with Crippen molar-refractivity contribution in [2.24, 2.45) is 10.8 Å². The number of carboxylic acid groups (broad SMARTS) is 6. The molecule has 0 amide bonds. The summed E-state index contributed by atoms with van der Waals surface area (Å²) in [5.74, 6) is -4.26. The lowest BCUT2D eigenvalue weighted by atomic mass is 9.93. The zero-order valence-electron chi connectivity index (χ0n) is 32.9. The van der Waals surface area contributed by atoms with Gasteiger partial charge in [-0.3, -0.25) is 28.8 Å². The van der Waals surface area contributed by atoms with Gasteiger partial charge in [0.25, 0.3) is 0 Å². The Morgan fingerprint density at radius 1 is 0.278 bits per heavy atom. The number of rotatable bonds is 20. The number of carbonyl (C=O) groups is 6. The van der Waals surface area contributed by atoms with Gasteiger partial charge in [0.2, 0.25) is 0 Å². The highest BCUT2D eigenvalue weighted by Crippen LogP contribution is 2.12. The smallest absolute Gasteiger partial charge is 0.303 e. The van der Waals surface area contributed by atoms with Gasteiger partial charge in [-0.15, -0.1) is 0 Å². The number of aliphatic hydroxyl groups is 8. The van der Waals surface area contributed by atoms with E-state index in [1.807, 2.05) is 41.5 Å². The van der Waals surface area contributed by atoms with Gasteiger partial charge in [0, 0.05) is 38.5 Å². The standard InChI is InChI=1S/2C5H12O4.6C4H8O2/c2*6-1-5(2-7,3-8)4-9;6*1-2-3-4(5)6/h2*6-9H,1-4H2;6*2-3H2,1H3,(H,5,6). The lowest BCUT2D eigenvalue weighted by molar-refractivity contribution is -0.138. The molecule has 0 saturated heterocycles. The SMILES string of the molecule is CCCC(=O)O.CCCC(=O)O.CCCC(=O)O.CCCC(=O)O.CCCC(=O)O.CCCC(=O)O.OCC(CO)(CO)CO.OCC(CO)(CO)CO. The molecule has 0 aliphatic carbocycles. The third-order valence-corrected chi connectivity index (χ3v) is 5.47. The molecule has 0 heterocycles. The normalized spacial score (nSPS) is 9.44. The predicted octanol–water partition coefficient (Wildman–Crippen LogP) is 1.11. The Hall–Kier alpha value is -3.50. The maximum absolute atomic E-state index is 9.60. The lowest BCUT2D eigenvalue weighted by Crippen LogP contribution is -2.37. The summed E-state index contributed by atoms with van der Waals surface area (Å²) in [6.45, 7) is 7.80. The van der Waals surface area contributed by atoms with Crippen LogP contribution in [0.2, 0.25) is 0 Å². The van der Waals surface area contributed by atoms with Gasteiger partial charge in [-0.25, -0.2) is 0 Å². The molecule has 0 unspecified atom stereocenters. The second-order valence-electron chi connectivity index (χ2n) is 11.1. The zero-order valence-corrected chi connectivity index (χ0v) is 32.9. The van der Waals surface area contributed by atoms with Crippen molar-refractivity contribution in [1.82, 2.24) is 0 Å². The van der Waals surface area contributed by atoms with E-state index in [1.165, 1.54) is 0 Å². The summed E-state index contributed by atoms with van der Waals surface area (Å²) in [5.41, 5.74) is -2.22. The van der Waals surface area contributed by atoms with Gasteiger partial charge in [-0.2, -0.15) is 0 Å². The highest BCUT2D eigenvalue weighted by atomic mass is 16.4. The molecule has 0 aromatic rings. The molecule has 0 saturated carbocycles. The third kappa shape index (κ3) is 73.8. The van der Waals surface area contributed by atoms with E-state index in [0.29, 0.717) is 38.5 Å². The van der Waals surface area contributed by atoms with Crippen LogP contribution in [0.3, 0.4) is 0 Å². The molecular formula is C34H72O20. The maximum Gasteiger partial charge on any atom is 0.303 e. The fraction of sp³-hybridized carbons (Fsp3) is 0.824. The molecule has 328 valence electrons. The second-order valence-corrected chi connectivity index (χ2v) is 11.1. The van der Waals surface area contributed by atoms with Crippen LogP contribution in [0.1, 0.15) is 119 Å². The monoisotopic (exact) mass is 800 g/mol. The minimum absolute atomic E-state index is 0.292. The largest absolute Gasteiger partial charge is 0.481 e. The quantitative estimate of drug-likeness (QED) is 0.0819. The number of hydrogen-bond donors (Lipinski definition) is 14. The van der Waals surface area contributed by atoms with Crippen LogP contribution >= 0.6 is 0 Å². The van der Waals surface area contributed by atoms with Crippen molar-refractivity contribution < 1.29 is 100 Å². The highest BCUT2D eigenvalue weighted by Gasteiger charge is 2.27. The zero-order chi connectivity index (χ0) is 44.6. The summed E-state index contributed by atoms with van der Waals surface area (Å²) in [4.78, 5) is 57.6. The molecule has 14 N–H and O–H groups in total. The molecule has 0 rings (SSSR count). The van der Waals surface area contributed by atoms with Crippen molar-refractivity contribution in [2.75, 3.05) is 52.9 Å². The second kappa shape index (κ2) is 53.8. The lowest BCUT2D eigenvalue weighted by Gasteiger charge is -2.23. The number of hydrogen-bond acceptors (Lipinski definition) is 14. The van der Waals surface area contributed by atoms with E-state index in [2.05, 4.69) is 0 Å². The molecule has 0 aromatic carbocycles. The average molecular weight is 801 g/mol. The molecule has 54 heavy (non-hydrogen) atoms. The van der Waals surface area contributed by atoms with Gasteiger partial charge < -0.3 is 71.5 Å². The van der Waals surface area contributed by atoms with Gasteiger partial charge in [0.1, 0.15) is 0 Å². The molecule has 20 nitrogen and oxygen atoms in total. The van der Waals surface area contributed by atoms with E-state index in [-0.39, 0.29) is 0 Å². The average Bonchev–Trinajstić information content (AvgIpc) is 3.09. The summed E-state index contributed by atoms with van der Waals surface area (Å²) in [5, 5.41) is 115. The molecule has 0 atom stereocenters. The molecule has 20 heteroatoms. The van der Waals surface area contributed by atoms with Crippen molar-refractivity contribution in [1.29, 1.82) is 0 Å². The first kappa shape index (κ1) is 68.5. The number of aliphatic hydroxyl groups excluding tert-OH is 8. The van der Waals surface area contributed by atoms with Crippen LogP contribution in [0.25, 0.3) is 0 Å². The van der Waals surface area contributed by atoms with Gasteiger partial charge in [-0.1, -0.05) is 41.5 Å². The molecular weight excluding hydrogens is 728 g/mol. The van der Waals surface area contributed by atoms with Crippen molar-refractivity contribution in [3.05, 3.63) is 0 Å². The minimum Gasteiger partial charge on any atom is -0.481 e. The molecule has 0 radical (unpaired) electrons. The maximum atomic E-state index is 9.60. The number of aliphatic carboxylic acids is 6. The fourth-order valence-electron chi connectivity index (χ4n) is 1.88. The molecule has 0 aliphatic heterocycles. The minimum atomic E-state index is -1.11. The van der Waals surface area contributed by atoms with Gasteiger partial charge in [0.05, 0.1) is 63.7 Å². The Morgan fingerprint density at radius 2 is 0.370 bits per heavy atom. The summed E-state index contributed by atoms with van der Waals surface area (Å²) < 4.78 is 0. The first-order chi connectivity index (χ1) is 25.1. The molecule has 0 bridgehead atoms. The van der Waals surface area contributed by atoms with Crippen molar-refractivity contribution in [3.63, 3.8) is 0 Å².